The highest BCUT2D eigenvalue weighted by molar-refractivity contribution is 5.94. The second-order valence-electron chi connectivity index (χ2n) is 5.63. The summed E-state index contributed by atoms with van der Waals surface area (Å²) < 4.78 is 5.60. The lowest BCUT2D eigenvalue weighted by Crippen LogP contribution is -2.47. The predicted octanol–water partition coefficient (Wildman–Crippen LogP) is 2.04. The van der Waals surface area contributed by atoms with Gasteiger partial charge in [-0.15, -0.1) is 0 Å². The van der Waals surface area contributed by atoms with Gasteiger partial charge in [-0.25, -0.2) is 0 Å². The van der Waals surface area contributed by atoms with E-state index in [9.17, 15) is 9.59 Å². The molecule has 0 saturated carbocycles. The first-order valence-electron chi connectivity index (χ1n) is 7.48. The number of amides is 2. The normalized spacial score (nSPS) is 17.4. The molecule has 1 aliphatic rings. The maximum atomic E-state index is 12.2. The van der Waals surface area contributed by atoms with Crippen molar-refractivity contribution in [2.75, 3.05) is 13.2 Å². The van der Waals surface area contributed by atoms with Crippen molar-refractivity contribution in [3.63, 3.8) is 0 Å². The monoisotopic (exact) mass is 302 g/mol. The lowest BCUT2D eigenvalue weighted by atomic mass is 10.1. The number of ether oxygens (including phenoxy) is 1. The molecule has 2 rings (SSSR count). The predicted molar refractivity (Wildman–Crippen MR) is 84.9 cm³/mol. The second-order valence-corrected chi connectivity index (χ2v) is 5.63. The number of carbonyl (C=O) groups is 2. The molecule has 1 aliphatic heterocycles. The maximum absolute atomic E-state index is 12.2. The molecule has 0 bridgehead atoms. The van der Waals surface area contributed by atoms with Gasteiger partial charge in [0.2, 0.25) is 5.91 Å². The molecular formula is C17H22N2O3. The molecule has 0 aromatic heterocycles. The molecule has 1 atom stereocenters. The van der Waals surface area contributed by atoms with E-state index in [-0.39, 0.29) is 17.9 Å². The summed E-state index contributed by atoms with van der Waals surface area (Å²) in [5.41, 5.74) is 1.75. The van der Waals surface area contributed by atoms with Crippen molar-refractivity contribution < 1.29 is 14.3 Å². The standard InChI is InChI=1S/C17H22N2O3/c1-12(2)8-9-22-15-5-3-4-13(10-15)17(21)19-14-6-7-16(20)18-11-14/h3-5,8,10,14H,6-7,9,11H2,1-2H3,(H,18,20)(H,19,21). The number of piperidine rings is 1. The molecule has 1 heterocycles. The Kier molecular flexibility index (Phi) is 5.58. The Morgan fingerprint density at radius 3 is 2.95 bits per heavy atom. The topological polar surface area (TPSA) is 67.4 Å². The summed E-state index contributed by atoms with van der Waals surface area (Å²) in [6.45, 7) is 5.00. The van der Waals surface area contributed by atoms with Gasteiger partial charge < -0.3 is 15.4 Å². The van der Waals surface area contributed by atoms with Gasteiger partial charge in [0.05, 0.1) is 0 Å². The number of allylic oxidation sites excluding steroid dienone is 1. The molecule has 1 unspecified atom stereocenters. The molecule has 22 heavy (non-hydrogen) atoms. The molecule has 5 heteroatoms. The minimum absolute atomic E-state index is 0.0135. The molecule has 118 valence electrons. The van der Waals surface area contributed by atoms with Crippen molar-refractivity contribution in [2.45, 2.75) is 32.7 Å². The van der Waals surface area contributed by atoms with Crippen molar-refractivity contribution in [3.8, 4) is 5.75 Å². The van der Waals surface area contributed by atoms with E-state index >= 15 is 0 Å². The van der Waals surface area contributed by atoms with Crippen molar-refractivity contribution >= 4 is 11.8 Å². The maximum Gasteiger partial charge on any atom is 0.251 e. The van der Waals surface area contributed by atoms with Crippen molar-refractivity contribution in [3.05, 3.63) is 41.5 Å². The van der Waals surface area contributed by atoms with E-state index in [1.54, 1.807) is 18.2 Å². The first kappa shape index (κ1) is 16.1. The molecule has 1 aromatic rings. The third kappa shape index (κ3) is 4.91. The zero-order valence-corrected chi connectivity index (χ0v) is 13.0. The van der Waals surface area contributed by atoms with Crippen LogP contribution in [0.15, 0.2) is 35.9 Å². The van der Waals surface area contributed by atoms with Crippen LogP contribution in [0.4, 0.5) is 0 Å². The number of carbonyl (C=O) groups excluding carboxylic acids is 2. The van der Waals surface area contributed by atoms with E-state index in [0.717, 1.165) is 0 Å². The van der Waals surface area contributed by atoms with Crippen LogP contribution in [0.3, 0.4) is 0 Å². The zero-order valence-electron chi connectivity index (χ0n) is 13.0. The van der Waals surface area contributed by atoms with Crippen LogP contribution in [0.2, 0.25) is 0 Å². The number of hydrogen-bond acceptors (Lipinski definition) is 3. The molecule has 1 saturated heterocycles. The quantitative estimate of drug-likeness (QED) is 0.818. The Labute approximate surface area is 130 Å². The van der Waals surface area contributed by atoms with Crippen LogP contribution in [-0.4, -0.2) is 31.0 Å². The van der Waals surface area contributed by atoms with Crippen molar-refractivity contribution in [1.82, 2.24) is 10.6 Å². The van der Waals surface area contributed by atoms with E-state index in [1.807, 2.05) is 26.0 Å². The molecule has 0 spiro atoms. The Hall–Kier alpha value is -2.30. The highest BCUT2D eigenvalue weighted by atomic mass is 16.5. The smallest absolute Gasteiger partial charge is 0.251 e. The van der Waals surface area contributed by atoms with E-state index in [2.05, 4.69) is 10.6 Å². The molecule has 1 aromatic carbocycles. The van der Waals surface area contributed by atoms with E-state index in [1.165, 1.54) is 5.57 Å². The first-order chi connectivity index (χ1) is 10.5. The van der Waals surface area contributed by atoms with Crippen LogP contribution in [0.1, 0.15) is 37.0 Å². The minimum Gasteiger partial charge on any atom is -0.490 e. The van der Waals surface area contributed by atoms with E-state index < -0.39 is 0 Å². The van der Waals surface area contributed by atoms with Gasteiger partial charge in [0.25, 0.3) is 5.91 Å². The molecule has 2 amide bonds. The van der Waals surface area contributed by atoms with Gasteiger partial charge in [-0.1, -0.05) is 11.6 Å². The van der Waals surface area contributed by atoms with E-state index in [0.29, 0.717) is 37.3 Å². The minimum atomic E-state index is -0.145. The molecular weight excluding hydrogens is 280 g/mol. The number of benzene rings is 1. The van der Waals surface area contributed by atoms with Crippen LogP contribution in [0.25, 0.3) is 0 Å². The van der Waals surface area contributed by atoms with Gasteiger partial charge in [-0.05, 0) is 44.5 Å². The van der Waals surface area contributed by atoms with Crippen LogP contribution in [0, 0.1) is 0 Å². The lowest BCUT2D eigenvalue weighted by Gasteiger charge is -2.23. The fraction of sp³-hybridized carbons (Fsp3) is 0.412. The van der Waals surface area contributed by atoms with Gasteiger partial charge in [0.15, 0.2) is 0 Å². The van der Waals surface area contributed by atoms with Gasteiger partial charge >= 0.3 is 0 Å². The van der Waals surface area contributed by atoms with E-state index in [4.69, 9.17) is 4.74 Å². The molecule has 5 nitrogen and oxygen atoms in total. The fourth-order valence-corrected chi connectivity index (χ4v) is 2.16. The van der Waals surface area contributed by atoms with Crippen LogP contribution in [0.5, 0.6) is 5.75 Å². The summed E-state index contributed by atoms with van der Waals surface area (Å²) in [4.78, 5) is 23.3. The summed E-state index contributed by atoms with van der Waals surface area (Å²) in [5.74, 6) is 0.566. The molecule has 2 N–H and O–H groups in total. The Morgan fingerprint density at radius 1 is 1.45 bits per heavy atom. The average Bonchev–Trinajstić information content (AvgIpc) is 2.49. The summed E-state index contributed by atoms with van der Waals surface area (Å²) in [6, 6.07) is 7.10. The van der Waals surface area contributed by atoms with Gasteiger partial charge in [-0.2, -0.15) is 0 Å². The van der Waals surface area contributed by atoms with Gasteiger partial charge in [0, 0.05) is 24.6 Å². The van der Waals surface area contributed by atoms with Crippen LogP contribution in [-0.2, 0) is 4.79 Å². The summed E-state index contributed by atoms with van der Waals surface area (Å²) in [7, 11) is 0. The van der Waals surface area contributed by atoms with Crippen molar-refractivity contribution in [2.24, 2.45) is 0 Å². The Morgan fingerprint density at radius 2 is 2.27 bits per heavy atom. The SMILES string of the molecule is CC(C)=CCOc1cccc(C(=O)NC2CCC(=O)NC2)c1. The largest absolute Gasteiger partial charge is 0.490 e. The van der Waals surface area contributed by atoms with Crippen molar-refractivity contribution in [1.29, 1.82) is 0 Å². The number of nitrogens with one attached hydrogen (secondary N) is 2. The lowest BCUT2D eigenvalue weighted by molar-refractivity contribution is -0.122. The fourth-order valence-electron chi connectivity index (χ4n) is 2.16. The molecule has 0 radical (unpaired) electrons. The average molecular weight is 302 g/mol. The highest BCUT2D eigenvalue weighted by Gasteiger charge is 2.20. The Bertz CT molecular complexity index is 567. The third-order valence-corrected chi connectivity index (χ3v) is 3.44. The van der Waals surface area contributed by atoms with Gasteiger partial charge in [-0.3, -0.25) is 9.59 Å². The third-order valence-electron chi connectivity index (χ3n) is 3.44. The zero-order chi connectivity index (χ0) is 15.9. The van der Waals surface area contributed by atoms with Gasteiger partial charge in [0.1, 0.15) is 12.4 Å². The molecule has 0 aliphatic carbocycles. The highest BCUT2D eigenvalue weighted by Crippen LogP contribution is 2.14. The number of rotatable bonds is 5. The summed E-state index contributed by atoms with van der Waals surface area (Å²) in [6.07, 6.45) is 3.11. The summed E-state index contributed by atoms with van der Waals surface area (Å²) >= 11 is 0. The summed E-state index contributed by atoms with van der Waals surface area (Å²) in [5, 5.41) is 5.69. The van der Waals surface area contributed by atoms with Crippen LogP contribution < -0.4 is 15.4 Å². The first-order valence-corrected chi connectivity index (χ1v) is 7.48. The number of hydrogen-bond donors (Lipinski definition) is 2. The van der Waals surface area contributed by atoms with Crippen LogP contribution >= 0.6 is 0 Å². The second kappa shape index (κ2) is 7.64. The molecule has 1 fully saturated rings. The Balaban J connectivity index is 1.92.